The average molecular weight is 177 g/mol. The van der Waals surface area contributed by atoms with Crippen molar-refractivity contribution in [3.63, 3.8) is 0 Å². The van der Waals surface area contributed by atoms with Gasteiger partial charge in [-0.15, -0.1) is 0 Å². The van der Waals surface area contributed by atoms with Crippen LogP contribution in [0.4, 0.5) is 5.82 Å². The summed E-state index contributed by atoms with van der Waals surface area (Å²) in [6.07, 6.45) is 7.72. The van der Waals surface area contributed by atoms with E-state index in [4.69, 9.17) is 0 Å². The molecule has 70 valence electrons. The van der Waals surface area contributed by atoms with Gasteiger partial charge < -0.3 is 5.32 Å². The van der Waals surface area contributed by atoms with Crippen molar-refractivity contribution in [1.82, 2.24) is 9.97 Å². The molecule has 1 aromatic heterocycles. The summed E-state index contributed by atoms with van der Waals surface area (Å²) >= 11 is 0. The number of hydrogen-bond donors (Lipinski definition) is 1. The van der Waals surface area contributed by atoms with Gasteiger partial charge in [0.1, 0.15) is 5.82 Å². The van der Waals surface area contributed by atoms with Crippen LogP contribution in [-0.2, 0) is 0 Å². The van der Waals surface area contributed by atoms with Crippen LogP contribution in [0.5, 0.6) is 0 Å². The molecule has 13 heavy (non-hydrogen) atoms. The van der Waals surface area contributed by atoms with Gasteiger partial charge in [0, 0.05) is 18.4 Å². The number of hydrogen-bond acceptors (Lipinski definition) is 3. The van der Waals surface area contributed by atoms with Crippen LogP contribution in [0.2, 0.25) is 0 Å². The van der Waals surface area contributed by atoms with Gasteiger partial charge in [-0.05, 0) is 18.3 Å². The molecule has 1 unspecified atom stereocenters. The van der Waals surface area contributed by atoms with Crippen LogP contribution in [0.1, 0.15) is 26.7 Å². The van der Waals surface area contributed by atoms with Crippen LogP contribution >= 0.6 is 0 Å². The van der Waals surface area contributed by atoms with Crippen LogP contribution in [0.25, 0.3) is 0 Å². The standard InChI is InChI=1S/C10H15N3/c1-10(2)4-3-8(10)13-9-7-11-5-6-12-9/h5-8H,3-4H2,1-2H3,(H,12,13). The van der Waals surface area contributed by atoms with Crippen molar-refractivity contribution < 1.29 is 0 Å². The molecule has 0 spiro atoms. The molecule has 0 amide bonds. The molecule has 3 heteroatoms. The Labute approximate surface area is 78.6 Å². The van der Waals surface area contributed by atoms with Crippen LogP contribution < -0.4 is 5.32 Å². The number of rotatable bonds is 2. The van der Waals surface area contributed by atoms with E-state index in [1.807, 2.05) is 0 Å². The monoisotopic (exact) mass is 177 g/mol. The van der Waals surface area contributed by atoms with E-state index in [9.17, 15) is 0 Å². The van der Waals surface area contributed by atoms with Crippen molar-refractivity contribution in [2.75, 3.05) is 5.32 Å². The van der Waals surface area contributed by atoms with E-state index in [-0.39, 0.29) is 0 Å². The van der Waals surface area contributed by atoms with Gasteiger partial charge in [-0.2, -0.15) is 0 Å². The second kappa shape index (κ2) is 2.98. The van der Waals surface area contributed by atoms with Gasteiger partial charge in [-0.25, -0.2) is 4.98 Å². The van der Waals surface area contributed by atoms with E-state index in [1.165, 1.54) is 12.8 Å². The molecule has 1 atom stereocenters. The molecule has 1 saturated carbocycles. The fourth-order valence-corrected chi connectivity index (χ4v) is 1.69. The van der Waals surface area contributed by atoms with Crippen molar-refractivity contribution in [2.45, 2.75) is 32.7 Å². The maximum absolute atomic E-state index is 4.19. The molecule has 1 heterocycles. The van der Waals surface area contributed by atoms with Crippen molar-refractivity contribution in [2.24, 2.45) is 5.41 Å². The lowest BCUT2D eigenvalue weighted by molar-refractivity contribution is 0.159. The highest BCUT2D eigenvalue weighted by Crippen LogP contribution is 2.41. The van der Waals surface area contributed by atoms with E-state index in [0.29, 0.717) is 11.5 Å². The third kappa shape index (κ3) is 1.64. The minimum absolute atomic E-state index is 0.414. The number of anilines is 1. The molecule has 1 N–H and O–H groups in total. The molecule has 0 aliphatic heterocycles. The summed E-state index contributed by atoms with van der Waals surface area (Å²) in [4.78, 5) is 8.21. The van der Waals surface area contributed by atoms with Crippen LogP contribution in [-0.4, -0.2) is 16.0 Å². The summed E-state index contributed by atoms with van der Waals surface area (Å²) in [7, 11) is 0. The molecule has 3 nitrogen and oxygen atoms in total. The third-order valence-electron chi connectivity index (χ3n) is 2.91. The zero-order valence-electron chi connectivity index (χ0n) is 8.12. The Bertz CT molecular complexity index is 281. The minimum Gasteiger partial charge on any atom is -0.366 e. The third-order valence-corrected chi connectivity index (χ3v) is 2.91. The Balaban J connectivity index is 2.00. The summed E-state index contributed by atoms with van der Waals surface area (Å²) in [5.41, 5.74) is 0.414. The van der Waals surface area contributed by atoms with Crippen molar-refractivity contribution >= 4 is 5.82 Å². The molecule has 0 aromatic carbocycles. The highest BCUT2D eigenvalue weighted by molar-refractivity contribution is 5.33. The Kier molecular flexibility index (Phi) is 1.94. The molecule has 0 saturated heterocycles. The second-order valence-electron chi connectivity index (χ2n) is 4.31. The lowest BCUT2D eigenvalue weighted by Crippen LogP contribution is -2.45. The highest BCUT2D eigenvalue weighted by Gasteiger charge is 2.38. The Morgan fingerprint density at radius 2 is 2.31 bits per heavy atom. The van der Waals surface area contributed by atoms with Gasteiger partial charge in [-0.1, -0.05) is 13.8 Å². The Morgan fingerprint density at radius 3 is 2.77 bits per heavy atom. The molecule has 1 aliphatic rings. The van der Waals surface area contributed by atoms with Crippen molar-refractivity contribution in [3.8, 4) is 0 Å². The van der Waals surface area contributed by atoms with Crippen LogP contribution in [0, 0.1) is 5.41 Å². The zero-order chi connectivity index (χ0) is 9.31. The maximum atomic E-state index is 4.19. The van der Waals surface area contributed by atoms with E-state index >= 15 is 0 Å². The normalized spacial score (nSPS) is 24.9. The number of aromatic nitrogens is 2. The first-order valence-corrected chi connectivity index (χ1v) is 4.71. The lowest BCUT2D eigenvalue weighted by atomic mass is 9.67. The first-order chi connectivity index (χ1) is 6.18. The van der Waals surface area contributed by atoms with E-state index in [0.717, 1.165) is 5.82 Å². The van der Waals surface area contributed by atoms with E-state index in [1.54, 1.807) is 18.6 Å². The fourth-order valence-electron chi connectivity index (χ4n) is 1.69. The molecule has 0 bridgehead atoms. The van der Waals surface area contributed by atoms with Gasteiger partial charge in [-0.3, -0.25) is 4.98 Å². The predicted molar refractivity (Wildman–Crippen MR) is 52.5 cm³/mol. The molecule has 2 rings (SSSR count). The average Bonchev–Trinajstić information content (AvgIpc) is 2.15. The summed E-state index contributed by atoms with van der Waals surface area (Å²) in [5.74, 6) is 0.889. The smallest absolute Gasteiger partial charge is 0.144 e. The van der Waals surface area contributed by atoms with Crippen molar-refractivity contribution in [1.29, 1.82) is 0 Å². The van der Waals surface area contributed by atoms with Crippen LogP contribution in [0.15, 0.2) is 18.6 Å². The maximum Gasteiger partial charge on any atom is 0.144 e. The van der Waals surface area contributed by atoms with E-state index in [2.05, 4.69) is 29.1 Å². The summed E-state index contributed by atoms with van der Waals surface area (Å²) < 4.78 is 0. The van der Waals surface area contributed by atoms with Crippen molar-refractivity contribution in [3.05, 3.63) is 18.6 Å². The lowest BCUT2D eigenvalue weighted by Gasteiger charge is -2.45. The second-order valence-corrected chi connectivity index (χ2v) is 4.31. The van der Waals surface area contributed by atoms with Gasteiger partial charge in [0.2, 0.25) is 0 Å². The van der Waals surface area contributed by atoms with E-state index < -0.39 is 0 Å². The first-order valence-electron chi connectivity index (χ1n) is 4.71. The quantitative estimate of drug-likeness (QED) is 0.751. The zero-order valence-corrected chi connectivity index (χ0v) is 8.12. The predicted octanol–water partition coefficient (Wildman–Crippen LogP) is 2.08. The molecule has 0 radical (unpaired) electrons. The summed E-state index contributed by atoms with van der Waals surface area (Å²) in [6.45, 7) is 4.56. The molecular weight excluding hydrogens is 162 g/mol. The van der Waals surface area contributed by atoms with Gasteiger partial charge in [0.25, 0.3) is 0 Å². The SMILES string of the molecule is CC1(C)CCC1Nc1cnccn1. The molecule has 1 aromatic rings. The van der Waals surface area contributed by atoms with Gasteiger partial charge in [0.05, 0.1) is 6.20 Å². The van der Waals surface area contributed by atoms with Crippen LogP contribution in [0.3, 0.4) is 0 Å². The molecule has 1 aliphatic carbocycles. The van der Waals surface area contributed by atoms with Gasteiger partial charge >= 0.3 is 0 Å². The summed E-state index contributed by atoms with van der Waals surface area (Å²) in [6, 6.07) is 0.559. The summed E-state index contributed by atoms with van der Waals surface area (Å²) in [5, 5.41) is 3.40. The van der Waals surface area contributed by atoms with Gasteiger partial charge in [0.15, 0.2) is 0 Å². The number of nitrogens with zero attached hydrogens (tertiary/aromatic N) is 2. The highest BCUT2D eigenvalue weighted by atomic mass is 15.0. The molecule has 1 fully saturated rings. The largest absolute Gasteiger partial charge is 0.366 e. The Hall–Kier alpha value is -1.12. The number of nitrogens with one attached hydrogen (secondary N) is 1. The first kappa shape index (κ1) is 8.48. The topological polar surface area (TPSA) is 37.8 Å². The Morgan fingerprint density at radius 1 is 1.46 bits per heavy atom. The molecular formula is C10H15N3. The fraction of sp³-hybridized carbons (Fsp3) is 0.600. The minimum atomic E-state index is 0.414.